The van der Waals surface area contributed by atoms with Crippen LogP contribution in [0.5, 0.6) is 0 Å². The lowest BCUT2D eigenvalue weighted by molar-refractivity contribution is -0.113. The number of hydrogen-bond acceptors (Lipinski definition) is 5. The standard InChI is InChI=1S/C16H14Cl2N4OS2/c1-9-6-10(7-24-9)15-20-21-16(22(15)2)25-8-13(23)19-14-11(17)4-3-5-12(14)18/h3-7H,8H2,1-2H3,(H,19,23). The van der Waals surface area contributed by atoms with Gasteiger partial charge in [-0.15, -0.1) is 21.5 Å². The SMILES string of the molecule is Cc1cc(-c2nnc(SCC(=O)Nc3c(Cl)cccc3Cl)n2C)cs1. The number of aryl methyl sites for hydroxylation is 1. The van der Waals surface area contributed by atoms with Gasteiger partial charge in [-0.2, -0.15) is 0 Å². The first-order valence-corrected chi connectivity index (χ1v) is 9.89. The first kappa shape index (κ1) is 18.3. The van der Waals surface area contributed by atoms with E-state index < -0.39 is 0 Å². The maximum Gasteiger partial charge on any atom is 0.234 e. The minimum absolute atomic E-state index is 0.177. The fourth-order valence-electron chi connectivity index (χ4n) is 2.18. The van der Waals surface area contributed by atoms with Crippen molar-refractivity contribution in [2.24, 2.45) is 7.05 Å². The van der Waals surface area contributed by atoms with Crippen molar-refractivity contribution in [3.05, 3.63) is 44.6 Å². The second kappa shape index (κ2) is 7.78. The summed E-state index contributed by atoms with van der Waals surface area (Å²) in [5, 5.41) is 14.6. The Morgan fingerprint density at radius 2 is 2.04 bits per heavy atom. The van der Waals surface area contributed by atoms with Crippen molar-refractivity contribution in [2.45, 2.75) is 12.1 Å². The van der Waals surface area contributed by atoms with Gasteiger partial charge in [-0.1, -0.05) is 41.0 Å². The van der Waals surface area contributed by atoms with E-state index in [1.54, 1.807) is 29.5 Å². The number of carbonyl (C=O) groups excluding carboxylic acids is 1. The first-order chi connectivity index (χ1) is 12.0. The average Bonchev–Trinajstić information content (AvgIpc) is 3.15. The largest absolute Gasteiger partial charge is 0.323 e. The predicted octanol–water partition coefficient (Wildman–Crippen LogP) is 4.89. The number of amides is 1. The highest BCUT2D eigenvalue weighted by Crippen LogP contribution is 2.30. The van der Waals surface area contributed by atoms with Gasteiger partial charge in [-0.25, -0.2) is 0 Å². The highest BCUT2D eigenvalue weighted by Gasteiger charge is 2.15. The van der Waals surface area contributed by atoms with Crippen LogP contribution in [0, 0.1) is 6.92 Å². The number of anilines is 1. The Labute approximate surface area is 163 Å². The molecule has 0 bridgehead atoms. The third-order valence-corrected chi connectivity index (χ3v) is 5.89. The van der Waals surface area contributed by atoms with Crippen molar-refractivity contribution in [3.63, 3.8) is 0 Å². The zero-order valence-electron chi connectivity index (χ0n) is 13.4. The number of nitrogens with one attached hydrogen (secondary N) is 1. The van der Waals surface area contributed by atoms with Crippen molar-refractivity contribution < 1.29 is 4.79 Å². The Bertz CT molecular complexity index is 903. The molecule has 0 aliphatic heterocycles. The van der Waals surface area contributed by atoms with Crippen molar-refractivity contribution in [3.8, 4) is 11.4 Å². The average molecular weight is 413 g/mol. The molecule has 0 saturated heterocycles. The minimum Gasteiger partial charge on any atom is -0.323 e. The molecule has 0 atom stereocenters. The van der Waals surface area contributed by atoms with Crippen LogP contribution < -0.4 is 5.32 Å². The van der Waals surface area contributed by atoms with Gasteiger partial charge in [0.05, 0.1) is 21.5 Å². The van der Waals surface area contributed by atoms with Crippen LogP contribution in [0.2, 0.25) is 10.0 Å². The Balaban J connectivity index is 1.66. The summed E-state index contributed by atoms with van der Waals surface area (Å²) < 4.78 is 1.88. The molecule has 0 aliphatic rings. The zero-order valence-corrected chi connectivity index (χ0v) is 16.6. The van der Waals surface area contributed by atoms with E-state index in [9.17, 15) is 4.79 Å². The molecule has 3 aromatic rings. The number of halogens is 2. The van der Waals surface area contributed by atoms with Gasteiger partial charge in [-0.05, 0) is 25.1 Å². The number of rotatable bonds is 5. The van der Waals surface area contributed by atoms with Gasteiger partial charge in [0.2, 0.25) is 5.91 Å². The smallest absolute Gasteiger partial charge is 0.234 e. The van der Waals surface area contributed by atoms with Crippen molar-refractivity contribution in [1.82, 2.24) is 14.8 Å². The summed E-state index contributed by atoms with van der Waals surface area (Å²) in [5.74, 6) is 0.744. The molecule has 9 heteroatoms. The third kappa shape index (κ3) is 4.17. The number of hydrogen-bond donors (Lipinski definition) is 1. The summed E-state index contributed by atoms with van der Waals surface area (Å²) in [6.07, 6.45) is 0. The molecule has 3 rings (SSSR count). The van der Waals surface area contributed by atoms with Crippen LogP contribution in [-0.4, -0.2) is 26.4 Å². The molecule has 0 spiro atoms. The molecule has 2 heterocycles. The second-order valence-corrected chi connectivity index (χ2v) is 8.12. The molecule has 1 amide bonds. The molecule has 25 heavy (non-hydrogen) atoms. The third-order valence-electron chi connectivity index (χ3n) is 3.38. The van der Waals surface area contributed by atoms with Gasteiger partial charge in [0.15, 0.2) is 11.0 Å². The molecule has 0 fully saturated rings. The van der Waals surface area contributed by atoms with Crippen molar-refractivity contribution >= 4 is 57.9 Å². The molecule has 1 N–H and O–H groups in total. The van der Waals surface area contributed by atoms with E-state index >= 15 is 0 Å². The molecule has 130 valence electrons. The molecule has 2 aromatic heterocycles. The van der Waals surface area contributed by atoms with Gasteiger partial charge in [0.25, 0.3) is 0 Å². The number of benzene rings is 1. The maximum atomic E-state index is 12.2. The fraction of sp³-hybridized carbons (Fsp3) is 0.188. The van der Waals surface area contributed by atoms with Gasteiger partial charge in [0.1, 0.15) is 0 Å². The molecule has 5 nitrogen and oxygen atoms in total. The summed E-state index contributed by atoms with van der Waals surface area (Å²) in [6.45, 7) is 2.05. The Morgan fingerprint density at radius 3 is 2.68 bits per heavy atom. The Morgan fingerprint density at radius 1 is 1.32 bits per heavy atom. The molecule has 0 unspecified atom stereocenters. The summed E-state index contributed by atoms with van der Waals surface area (Å²) in [6, 6.07) is 7.14. The molecular weight excluding hydrogens is 399 g/mol. The van der Waals surface area contributed by atoms with E-state index in [2.05, 4.69) is 21.6 Å². The van der Waals surface area contributed by atoms with E-state index in [0.29, 0.717) is 20.9 Å². The summed E-state index contributed by atoms with van der Waals surface area (Å²) >= 11 is 15.1. The number of para-hydroxylation sites is 1. The highest BCUT2D eigenvalue weighted by atomic mass is 35.5. The van der Waals surface area contributed by atoms with Crippen molar-refractivity contribution in [1.29, 1.82) is 0 Å². The van der Waals surface area contributed by atoms with Crippen LogP contribution in [0.15, 0.2) is 34.8 Å². The molecule has 0 radical (unpaired) electrons. The summed E-state index contributed by atoms with van der Waals surface area (Å²) in [5.41, 5.74) is 1.44. The zero-order chi connectivity index (χ0) is 18.0. The normalized spacial score (nSPS) is 10.9. The van der Waals surface area contributed by atoms with Crippen LogP contribution in [0.1, 0.15) is 4.88 Å². The van der Waals surface area contributed by atoms with E-state index in [1.165, 1.54) is 16.6 Å². The molecule has 0 saturated carbocycles. The van der Waals surface area contributed by atoms with E-state index in [4.69, 9.17) is 23.2 Å². The number of nitrogens with zero attached hydrogens (tertiary/aromatic N) is 3. The number of thioether (sulfide) groups is 1. The quantitative estimate of drug-likeness (QED) is 0.605. The van der Waals surface area contributed by atoms with Crippen LogP contribution >= 0.6 is 46.3 Å². The highest BCUT2D eigenvalue weighted by molar-refractivity contribution is 7.99. The molecule has 0 aliphatic carbocycles. The van der Waals surface area contributed by atoms with Gasteiger partial charge in [-0.3, -0.25) is 4.79 Å². The monoisotopic (exact) mass is 412 g/mol. The summed E-state index contributed by atoms with van der Waals surface area (Å²) in [4.78, 5) is 13.4. The first-order valence-electron chi connectivity index (χ1n) is 7.27. The number of carbonyl (C=O) groups is 1. The van der Waals surface area contributed by atoms with Gasteiger partial charge in [0, 0.05) is 22.9 Å². The summed E-state index contributed by atoms with van der Waals surface area (Å²) in [7, 11) is 1.88. The van der Waals surface area contributed by atoms with Gasteiger partial charge < -0.3 is 9.88 Å². The van der Waals surface area contributed by atoms with Crippen LogP contribution in [0.3, 0.4) is 0 Å². The second-order valence-electron chi connectivity index (χ2n) is 5.24. The van der Waals surface area contributed by atoms with Crippen molar-refractivity contribution in [2.75, 3.05) is 11.1 Å². The Kier molecular flexibility index (Phi) is 5.68. The number of aromatic nitrogens is 3. The van der Waals surface area contributed by atoms with E-state index in [-0.39, 0.29) is 11.7 Å². The topological polar surface area (TPSA) is 59.8 Å². The minimum atomic E-state index is -0.212. The van der Waals surface area contributed by atoms with E-state index in [1.807, 2.05) is 23.9 Å². The lowest BCUT2D eigenvalue weighted by atomic mass is 10.3. The Hall–Kier alpha value is -1.54. The maximum absolute atomic E-state index is 12.2. The number of thiophene rings is 1. The van der Waals surface area contributed by atoms with Crippen LogP contribution in [0.25, 0.3) is 11.4 Å². The van der Waals surface area contributed by atoms with E-state index in [0.717, 1.165) is 11.4 Å². The lowest BCUT2D eigenvalue weighted by Crippen LogP contribution is -2.15. The van der Waals surface area contributed by atoms with Crippen LogP contribution in [-0.2, 0) is 11.8 Å². The predicted molar refractivity (Wildman–Crippen MR) is 105 cm³/mol. The lowest BCUT2D eigenvalue weighted by Gasteiger charge is -2.08. The van der Waals surface area contributed by atoms with Crippen LogP contribution in [0.4, 0.5) is 5.69 Å². The molecular formula is C16H14Cl2N4OS2. The fourth-order valence-corrected chi connectivity index (χ4v) is 4.06. The molecule has 1 aromatic carbocycles. The van der Waals surface area contributed by atoms with Gasteiger partial charge >= 0.3 is 0 Å².